The molecule has 2 nitrogen and oxygen atoms in total. The quantitative estimate of drug-likeness (QED) is 0.788. The third-order valence-electron chi connectivity index (χ3n) is 2.47. The molecule has 1 aromatic carbocycles. The maximum absolute atomic E-state index is 13.7. The molecule has 0 radical (unpaired) electrons. The summed E-state index contributed by atoms with van der Waals surface area (Å²) in [4.78, 5) is 0. The number of ether oxygens (including phenoxy) is 1. The Morgan fingerprint density at radius 3 is 2.69 bits per heavy atom. The number of hydrogen-bond acceptors (Lipinski definition) is 2. The summed E-state index contributed by atoms with van der Waals surface area (Å²) in [6, 6.07) is 1.99. The molecule has 90 valence electrons. The van der Waals surface area contributed by atoms with Gasteiger partial charge in [-0.05, 0) is 31.9 Å². The van der Waals surface area contributed by atoms with Gasteiger partial charge in [-0.25, -0.2) is 8.78 Å². The van der Waals surface area contributed by atoms with Gasteiger partial charge in [0.2, 0.25) is 0 Å². The normalized spacial score (nSPS) is 12.8. The summed E-state index contributed by atoms with van der Waals surface area (Å²) in [5.74, 6) is -1.14. The standard InChI is InChI=1S/C12H17F2NO/c1-3-16-7-6-10(15)11-9(13)5-4-8(2)12(11)14/h4-5,10H,3,6-7,15H2,1-2H3. The van der Waals surface area contributed by atoms with Gasteiger partial charge in [0.15, 0.2) is 0 Å². The molecule has 0 fully saturated rings. The minimum atomic E-state index is -0.661. The van der Waals surface area contributed by atoms with E-state index in [0.717, 1.165) is 0 Å². The molecule has 1 aromatic rings. The number of nitrogens with two attached hydrogens (primary N) is 1. The number of rotatable bonds is 5. The van der Waals surface area contributed by atoms with Gasteiger partial charge < -0.3 is 10.5 Å². The molecular weight excluding hydrogens is 212 g/mol. The van der Waals surface area contributed by atoms with Crippen molar-refractivity contribution >= 4 is 0 Å². The van der Waals surface area contributed by atoms with Crippen LogP contribution in [0.4, 0.5) is 8.78 Å². The molecule has 0 bridgehead atoms. The van der Waals surface area contributed by atoms with Gasteiger partial charge in [0, 0.05) is 24.8 Å². The van der Waals surface area contributed by atoms with Crippen LogP contribution >= 0.6 is 0 Å². The number of halogens is 2. The summed E-state index contributed by atoms with van der Waals surface area (Å²) in [5, 5.41) is 0. The Kier molecular flexibility index (Phi) is 4.83. The third-order valence-corrected chi connectivity index (χ3v) is 2.47. The Balaban J connectivity index is 2.81. The molecule has 0 saturated heterocycles. The Morgan fingerprint density at radius 2 is 2.06 bits per heavy atom. The van der Waals surface area contributed by atoms with Crippen LogP contribution in [0.3, 0.4) is 0 Å². The zero-order valence-electron chi connectivity index (χ0n) is 9.59. The van der Waals surface area contributed by atoms with Crippen molar-refractivity contribution in [2.45, 2.75) is 26.3 Å². The van der Waals surface area contributed by atoms with Crippen molar-refractivity contribution in [3.8, 4) is 0 Å². The molecule has 16 heavy (non-hydrogen) atoms. The van der Waals surface area contributed by atoms with Crippen LogP contribution in [-0.4, -0.2) is 13.2 Å². The minimum absolute atomic E-state index is 0.0419. The first kappa shape index (κ1) is 13.1. The van der Waals surface area contributed by atoms with E-state index in [9.17, 15) is 8.78 Å². The number of benzene rings is 1. The van der Waals surface area contributed by atoms with Crippen molar-refractivity contribution in [2.75, 3.05) is 13.2 Å². The first-order chi connectivity index (χ1) is 7.57. The molecule has 4 heteroatoms. The van der Waals surface area contributed by atoms with Gasteiger partial charge in [-0.3, -0.25) is 0 Å². The van der Waals surface area contributed by atoms with E-state index in [1.54, 1.807) is 6.92 Å². The van der Waals surface area contributed by atoms with Crippen molar-refractivity contribution in [3.63, 3.8) is 0 Å². The molecule has 0 amide bonds. The fraction of sp³-hybridized carbons (Fsp3) is 0.500. The van der Waals surface area contributed by atoms with Crippen LogP contribution in [0.2, 0.25) is 0 Å². The molecule has 0 heterocycles. The molecule has 0 aliphatic heterocycles. The molecule has 2 N–H and O–H groups in total. The highest BCUT2D eigenvalue weighted by atomic mass is 19.1. The topological polar surface area (TPSA) is 35.2 Å². The van der Waals surface area contributed by atoms with Crippen LogP contribution in [0.25, 0.3) is 0 Å². The van der Waals surface area contributed by atoms with Crippen molar-refractivity contribution in [3.05, 3.63) is 34.9 Å². The molecule has 0 spiro atoms. The third kappa shape index (κ3) is 3.00. The van der Waals surface area contributed by atoms with Crippen LogP contribution in [0.5, 0.6) is 0 Å². The van der Waals surface area contributed by atoms with E-state index in [1.807, 2.05) is 6.92 Å². The second kappa shape index (κ2) is 5.92. The van der Waals surface area contributed by atoms with Gasteiger partial charge in [0.05, 0.1) is 0 Å². The molecule has 1 atom stereocenters. The summed E-state index contributed by atoms with van der Waals surface area (Å²) in [5.41, 5.74) is 6.11. The summed E-state index contributed by atoms with van der Waals surface area (Å²) >= 11 is 0. The van der Waals surface area contributed by atoms with Gasteiger partial charge in [0.1, 0.15) is 11.6 Å². The maximum Gasteiger partial charge on any atom is 0.133 e. The van der Waals surface area contributed by atoms with Gasteiger partial charge in [-0.15, -0.1) is 0 Å². The lowest BCUT2D eigenvalue weighted by Gasteiger charge is -2.14. The molecule has 0 saturated carbocycles. The van der Waals surface area contributed by atoms with E-state index in [-0.39, 0.29) is 5.56 Å². The summed E-state index contributed by atoms with van der Waals surface area (Å²) in [7, 11) is 0. The monoisotopic (exact) mass is 229 g/mol. The molecule has 0 aromatic heterocycles. The fourth-order valence-electron chi connectivity index (χ4n) is 1.52. The van der Waals surface area contributed by atoms with Crippen molar-refractivity contribution in [1.29, 1.82) is 0 Å². The molecular formula is C12H17F2NO. The number of aryl methyl sites for hydroxylation is 1. The Hall–Kier alpha value is -1.00. The minimum Gasteiger partial charge on any atom is -0.382 e. The highest BCUT2D eigenvalue weighted by molar-refractivity contribution is 5.28. The van der Waals surface area contributed by atoms with Crippen molar-refractivity contribution in [2.24, 2.45) is 5.73 Å². The molecule has 1 unspecified atom stereocenters. The first-order valence-electron chi connectivity index (χ1n) is 5.35. The summed E-state index contributed by atoms with van der Waals surface area (Å²) in [6.07, 6.45) is 0.408. The lowest BCUT2D eigenvalue weighted by Crippen LogP contribution is -2.17. The lowest BCUT2D eigenvalue weighted by atomic mass is 10.0. The van der Waals surface area contributed by atoms with Crippen molar-refractivity contribution in [1.82, 2.24) is 0 Å². The van der Waals surface area contributed by atoms with E-state index >= 15 is 0 Å². The van der Waals surface area contributed by atoms with Gasteiger partial charge in [-0.2, -0.15) is 0 Å². The Morgan fingerprint density at radius 1 is 1.38 bits per heavy atom. The predicted octanol–water partition coefficient (Wildman–Crippen LogP) is 2.70. The highest BCUT2D eigenvalue weighted by Crippen LogP contribution is 2.23. The number of hydrogen-bond donors (Lipinski definition) is 1. The van der Waals surface area contributed by atoms with Crippen molar-refractivity contribution < 1.29 is 13.5 Å². The lowest BCUT2D eigenvalue weighted by molar-refractivity contribution is 0.139. The average molecular weight is 229 g/mol. The fourth-order valence-corrected chi connectivity index (χ4v) is 1.52. The Bertz CT molecular complexity index is 355. The van der Waals surface area contributed by atoms with E-state index in [4.69, 9.17) is 10.5 Å². The first-order valence-corrected chi connectivity index (χ1v) is 5.35. The average Bonchev–Trinajstić information content (AvgIpc) is 2.24. The SMILES string of the molecule is CCOCCC(N)c1c(F)ccc(C)c1F. The maximum atomic E-state index is 13.7. The van der Waals surface area contributed by atoms with E-state index < -0.39 is 17.7 Å². The highest BCUT2D eigenvalue weighted by Gasteiger charge is 2.17. The van der Waals surface area contributed by atoms with E-state index in [1.165, 1.54) is 12.1 Å². The molecule has 0 aliphatic carbocycles. The molecule has 1 rings (SSSR count). The van der Waals surface area contributed by atoms with Crippen LogP contribution in [0.1, 0.15) is 30.5 Å². The van der Waals surface area contributed by atoms with Crippen LogP contribution in [0.15, 0.2) is 12.1 Å². The van der Waals surface area contributed by atoms with Crippen LogP contribution in [-0.2, 0) is 4.74 Å². The second-order valence-electron chi connectivity index (χ2n) is 3.68. The zero-order valence-corrected chi connectivity index (χ0v) is 9.59. The predicted molar refractivity (Wildman–Crippen MR) is 59.1 cm³/mol. The zero-order chi connectivity index (χ0) is 12.1. The summed E-state index contributed by atoms with van der Waals surface area (Å²) < 4.78 is 32.2. The summed E-state index contributed by atoms with van der Waals surface area (Å²) in [6.45, 7) is 4.43. The van der Waals surface area contributed by atoms with Crippen LogP contribution < -0.4 is 5.73 Å². The van der Waals surface area contributed by atoms with E-state index in [0.29, 0.717) is 25.2 Å². The molecule has 0 aliphatic rings. The Labute approximate surface area is 94.4 Å². The van der Waals surface area contributed by atoms with Gasteiger partial charge in [-0.1, -0.05) is 6.07 Å². The van der Waals surface area contributed by atoms with Gasteiger partial charge >= 0.3 is 0 Å². The second-order valence-corrected chi connectivity index (χ2v) is 3.68. The van der Waals surface area contributed by atoms with Crippen LogP contribution in [0, 0.1) is 18.6 Å². The smallest absolute Gasteiger partial charge is 0.133 e. The largest absolute Gasteiger partial charge is 0.382 e. The van der Waals surface area contributed by atoms with E-state index in [2.05, 4.69) is 0 Å². The van der Waals surface area contributed by atoms with Gasteiger partial charge in [0.25, 0.3) is 0 Å².